The van der Waals surface area contributed by atoms with Crippen LogP contribution >= 0.6 is 23.4 Å². The summed E-state index contributed by atoms with van der Waals surface area (Å²) in [5, 5.41) is 12.8. The molecule has 0 saturated carbocycles. The lowest BCUT2D eigenvalue weighted by molar-refractivity contribution is -0.113. The van der Waals surface area contributed by atoms with E-state index in [2.05, 4.69) is 5.32 Å². The molecule has 1 amide bonds. The van der Waals surface area contributed by atoms with E-state index in [9.17, 15) is 9.90 Å². The lowest BCUT2D eigenvalue weighted by Gasteiger charge is -2.15. The van der Waals surface area contributed by atoms with Crippen LogP contribution in [0.3, 0.4) is 0 Å². The van der Waals surface area contributed by atoms with Gasteiger partial charge in [0.1, 0.15) is 0 Å². The third kappa shape index (κ3) is 5.05. The predicted molar refractivity (Wildman–Crippen MR) is 83.2 cm³/mol. The molecular weight excluding hydrogens is 282 g/mol. The summed E-state index contributed by atoms with van der Waals surface area (Å²) in [5.41, 5.74) is 2.69. The molecule has 2 N–H and O–H groups in total. The molecule has 0 radical (unpaired) electrons. The summed E-state index contributed by atoms with van der Waals surface area (Å²) in [5.74, 6) is 0.196. The second-order valence-corrected chi connectivity index (χ2v) is 6.52. The molecule has 1 aromatic carbocycles. The van der Waals surface area contributed by atoms with Crippen LogP contribution in [0.15, 0.2) is 12.1 Å². The maximum Gasteiger partial charge on any atom is 0.234 e. The maximum atomic E-state index is 11.9. The minimum absolute atomic E-state index is 0.0281. The van der Waals surface area contributed by atoms with Crippen molar-refractivity contribution in [3.8, 4) is 0 Å². The number of thioether (sulfide) groups is 1. The van der Waals surface area contributed by atoms with Gasteiger partial charge < -0.3 is 10.4 Å². The van der Waals surface area contributed by atoms with Gasteiger partial charge >= 0.3 is 0 Å². The van der Waals surface area contributed by atoms with Crippen LogP contribution in [-0.2, 0) is 4.79 Å². The van der Waals surface area contributed by atoms with Crippen molar-refractivity contribution < 1.29 is 9.90 Å². The van der Waals surface area contributed by atoms with Crippen molar-refractivity contribution in [3.05, 3.63) is 28.3 Å². The molecule has 0 aromatic heterocycles. The van der Waals surface area contributed by atoms with Crippen LogP contribution in [0.25, 0.3) is 0 Å². The van der Waals surface area contributed by atoms with Crippen molar-refractivity contribution >= 4 is 35.0 Å². The normalized spacial score (nSPS) is 14.0. The van der Waals surface area contributed by atoms with E-state index in [4.69, 9.17) is 11.6 Å². The molecule has 0 spiro atoms. The fraction of sp³-hybridized carbons (Fsp3) is 0.500. The third-order valence-corrected chi connectivity index (χ3v) is 4.50. The number of carbonyl (C=O) groups is 1. The Bertz CT molecular complexity index is 440. The predicted octanol–water partition coefficient (Wildman–Crippen LogP) is 3.40. The fourth-order valence-electron chi connectivity index (χ4n) is 1.60. The van der Waals surface area contributed by atoms with Gasteiger partial charge in [-0.05, 0) is 38.0 Å². The molecule has 5 heteroatoms. The van der Waals surface area contributed by atoms with Crippen molar-refractivity contribution in [2.45, 2.75) is 39.0 Å². The van der Waals surface area contributed by atoms with E-state index in [-0.39, 0.29) is 11.2 Å². The fourth-order valence-corrected chi connectivity index (χ4v) is 2.73. The Labute approximate surface area is 123 Å². The number of hydrogen-bond acceptors (Lipinski definition) is 3. The minimum Gasteiger partial charge on any atom is -0.392 e. The average molecular weight is 302 g/mol. The Morgan fingerprint density at radius 3 is 2.58 bits per heavy atom. The standard InChI is InChI=1S/C14H20ClNO2S/c1-8-5-9(2)14(12(15)6-8)16-13(18)7-19-11(4)10(3)17/h5-6,10-11,17H,7H2,1-4H3,(H,16,18). The Morgan fingerprint density at radius 1 is 1.42 bits per heavy atom. The van der Waals surface area contributed by atoms with Crippen LogP contribution in [-0.4, -0.2) is 28.1 Å². The van der Waals surface area contributed by atoms with E-state index in [1.165, 1.54) is 11.8 Å². The van der Waals surface area contributed by atoms with Gasteiger partial charge in [0.05, 0.1) is 22.6 Å². The zero-order valence-electron chi connectivity index (χ0n) is 11.7. The molecule has 0 saturated heterocycles. The SMILES string of the molecule is Cc1cc(C)c(NC(=O)CSC(C)C(C)O)c(Cl)c1. The Balaban J connectivity index is 2.63. The first kappa shape index (κ1) is 16.3. The molecule has 0 aliphatic heterocycles. The topological polar surface area (TPSA) is 49.3 Å². The first-order valence-corrected chi connectivity index (χ1v) is 7.60. The van der Waals surface area contributed by atoms with Gasteiger partial charge in [0.25, 0.3) is 0 Å². The first-order valence-electron chi connectivity index (χ1n) is 6.17. The van der Waals surface area contributed by atoms with Crippen LogP contribution in [0.5, 0.6) is 0 Å². The van der Waals surface area contributed by atoms with Crippen LogP contribution < -0.4 is 5.32 Å². The molecule has 1 rings (SSSR count). The number of nitrogens with one attached hydrogen (secondary N) is 1. The molecule has 2 unspecified atom stereocenters. The van der Waals surface area contributed by atoms with E-state index in [0.29, 0.717) is 16.5 Å². The van der Waals surface area contributed by atoms with Crippen LogP contribution in [0.4, 0.5) is 5.69 Å². The third-order valence-electron chi connectivity index (χ3n) is 2.85. The average Bonchev–Trinajstić information content (AvgIpc) is 2.30. The highest BCUT2D eigenvalue weighted by molar-refractivity contribution is 8.00. The second-order valence-electron chi connectivity index (χ2n) is 4.74. The number of carbonyl (C=O) groups excluding carboxylic acids is 1. The van der Waals surface area contributed by atoms with Crippen molar-refractivity contribution in [1.82, 2.24) is 0 Å². The molecule has 2 atom stereocenters. The number of aliphatic hydroxyl groups excluding tert-OH is 1. The smallest absolute Gasteiger partial charge is 0.234 e. The van der Waals surface area contributed by atoms with Gasteiger partial charge in [-0.2, -0.15) is 0 Å². The number of aliphatic hydroxyl groups is 1. The lowest BCUT2D eigenvalue weighted by atomic mass is 10.1. The van der Waals surface area contributed by atoms with E-state index >= 15 is 0 Å². The van der Waals surface area contributed by atoms with Crippen molar-refractivity contribution in [2.24, 2.45) is 0 Å². The largest absolute Gasteiger partial charge is 0.392 e. The van der Waals surface area contributed by atoms with Gasteiger partial charge in [0.15, 0.2) is 0 Å². The molecule has 0 fully saturated rings. The van der Waals surface area contributed by atoms with E-state index < -0.39 is 6.10 Å². The highest BCUT2D eigenvalue weighted by atomic mass is 35.5. The second kappa shape index (κ2) is 7.17. The van der Waals surface area contributed by atoms with Gasteiger partial charge in [-0.25, -0.2) is 0 Å². The van der Waals surface area contributed by atoms with Gasteiger partial charge in [-0.3, -0.25) is 4.79 Å². The molecule has 1 aromatic rings. The molecule has 0 aliphatic rings. The van der Waals surface area contributed by atoms with Crippen LogP contribution in [0.2, 0.25) is 5.02 Å². The highest BCUT2D eigenvalue weighted by Gasteiger charge is 2.13. The molecule has 0 bridgehead atoms. The van der Waals surface area contributed by atoms with Gasteiger partial charge in [0, 0.05) is 5.25 Å². The maximum absolute atomic E-state index is 11.9. The van der Waals surface area contributed by atoms with E-state index in [1.54, 1.807) is 6.92 Å². The summed E-state index contributed by atoms with van der Waals surface area (Å²) in [6.07, 6.45) is -0.428. The molecule has 0 heterocycles. The zero-order valence-corrected chi connectivity index (χ0v) is 13.2. The number of hydrogen-bond donors (Lipinski definition) is 2. The Hall–Kier alpha value is -0.710. The lowest BCUT2D eigenvalue weighted by Crippen LogP contribution is -2.21. The van der Waals surface area contributed by atoms with Crippen LogP contribution in [0, 0.1) is 13.8 Å². The summed E-state index contributed by atoms with van der Waals surface area (Å²) >= 11 is 7.55. The van der Waals surface area contributed by atoms with Gasteiger partial charge in [-0.15, -0.1) is 11.8 Å². The monoisotopic (exact) mass is 301 g/mol. The zero-order chi connectivity index (χ0) is 14.6. The van der Waals surface area contributed by atoms with Crippen molar-refractivity contribution in [1.29, 1.82) is 0 Å². The molecule has 0 aliphatic carbocycles. The Morgan fingerprint density at radius 2 is 2.05 bits per heavy atom. The summed E-state index contributed by atoms with van der Waals surface area (Å²) in [6.45, 7) is 7.49. The minimum atomic E-state index is -0.428. The molecule has 3 nitrogen and oxygen atoms in total. The number of aryl methyl sites for hydroxylation is 2. The summed E-state index contributed by atoms with van der Waals surface area (Å²) < 4.78 is 0. The van der Waals surface area contributed by atoms with Gasteiger partial charge in [0.2, 0.25) is 5.91 Å². The number of anilines is 1. The molecule has 106 valence electrons. The van der Waals surface area contributed by atoms with Crippen molar-refractivity contribution in [3.63, 3.8) is 0 Å². The number of rotatable bonds is 5. The van der Waals surface area contributed by atoms with E-state index in [0.717, 1.165) is 11.1 Å². The first-order chi connectivity index (χ1) is 8.81. The highest BCUT2D eigenvalue weighted by Crippen LogP contribution is 2.27. The summed E-state index contributed by atoms with van der Waals surface area (Å²) in [4.78, 5) is 11.9. The number of halogens is 1. The number of amides is 1. The van der Waals surface area contributed by atoms with Crippen molar-refractivity contribution in [2.75, 3.05) is 11.1 Å². The number of benzene rings is 1. The Kier molecular flexibility index (Phi) is 6.17. The molecule has 19 heavy (non-hydrogen) atoms. The summed E-state index contributed by atoms with van der Waals surface area (Å²) in [7, 11) is 0. The van der Waals surface area contributed by atoms with Crippen LogP contribution in [0.1, 0.15) is 25.0 Å². The quantitative estimate of drug-likeness (QED) is 0.876. The van der Waals surface area contributed by atoms with Gasteiger partial charge in [-0.1, -0.05) is 24.6 Å². The summed E-state index contributed by atoms with van der Waals surface area (Å²) in [6, 6.07) is 3.81. The van der Waals surface area contributed by atoms with E-state index in [1.807, 2.05) is 32.9 Å². The molecular formula is C14H20ClNO2S.